The van der Waals surface area contributed by atoms with Crippen LogP contribution >= 0.6 is 0 Å². The minimum absolute atomic E-state index is 0.645. The second-order valence-electron chi connectivity index (χ2n) is 5.61. The summed E-state index contributed by atoms with van der Waals surface area (Å²) in [6.45, 7) is 12.0. The molecule has 1 aliphatic rings. The third-order valence-electron chi connectivity index (χ3n) is 3.50. The Balaban J connectivity index is 0.000000508. The largest absolute Gasteiger partial charge is 0.385 e. The van der Waals surface area contributed by atoms with Crippen molar-refractivity contribution in [2.75, 3.05) is 20.6 Å². The van der Waals surface area contributed by atoms with Crippen molar-refractivity contribution >= 4 is 12.0 Å². The number of carbonyl (C=O) groups is 1. The Morgan fingerprint density at radius 3 is 2.35 bits per heavy atom. The summed E-state index contributed by atoms with van der Waals surface area (Å²) in [4.78, 5) is 16.9. The number of rotatable bonds is 7. The van der Waals surface area contributed by atoms with E-state index in [1.165, 1.54) is 0 Å². The van der Waals surface area contributed by atoms with Crippen LogP contribution in [0.5, 0.6) is 0 Å². The SMILES string of the molecule is C=C/C(=C\C(C=O)=C/C)C1=NCCC=C1.C=CC(/C=C\C)=C(/N)N(C)C. The van der Waals surface area contributed by atoms with E-state index in [9.17, 15) is 4.79 Å². The fourth-order valence-electron chi connectivity index (χ4n) is 1.99. The summed E-state index contributed by atoms with van der Waals surface area (Å²) in [6, 6.07) is 0. The van der Waals surface area contributed by atoms with E-state index < -0.39 is 0 Å². The predicted molar refractivity (Wildman–Crippen MR) is 114 cm³/mol. The lowest BCUT2D eigenvalue weighted by atomic mass is 10.0. The van der Waals surface area contributed by atoms with Crippen molar-refractivity contribution in [3.8, 4) is 0 Å². The predicted octanol–water partition coefficient (Wildman–Crippen LogP) is 4.13. The van der Waals surface area contributed by atoms with Crippen LogP contribution in [0.2, 0.25) is 0 Å². The normalized spacial score (nSPS) is 15.5. The minimum atomic E-state index is 0.645. The molecule has 2 N–H and O–H groups in total. The van der Waals surface area contributed by atoms with Gasteiger partial charge in [-0.3, -0.25) is 9.79 Å². The second kappa shape index (κ2) is 13.4. The molecule has 0 aromatic rings. The van der Waals surface area contributed by atoms with Gasteiger partial charge in [0.05, 0.1) is 5.71 Å². The van der Waals surface area contributed by atoms with Gasteiger partial charge < -0.3 is 10.6 Å². The highest BCUT2D eigenvalue weighted by Gasteiger charge is 2.03. The molecule has 26 heavy (non-hydrogen) atoms. The zero-order valence-corrected chi connectivity index (χ0v) is 16.4. The van der Waals surface area contributed by atoms with E-state index in [0.717, 1.165) is 41.9 Å². The Morgan fingerprint density at radius 2 is 1.96 bits per heavy atom. The molecule has 0 spiro atoms. The topological polar surface area (TPSA) is 58.7 Å². The van der Waals surface area contributed by atoms with Crippen LogP contribution in [-0.4, -0.2) is 37.5 Å². The third kappa shape index (κ3) is 8.29. The maximum Gasteiger partial charge on any atom is 0.149 e. The Hall–Kier alpha value is -2.88. The highest BCUT2D eigenvalue weighted by atomic mass is 16.1. The number of dihydropyridines is 1. The molecule has 0 unspecified atom stereocenters. The van der Waals surface area contributed by atoms with E-state index in [0.29, 0.717) is 5.57 Å². The van der Waals surface area contributed by atoms with Crippen molar-refractivity contribution in [2.24, 2.45) is 10.7 Å². The smallest absolute Gasteiger partial charge is 0.149 e. The molecular formula is C22H31N3O. The van der Waals surface area contributed by atoms with Crippen LogP contribution in [0, 0.1) is 0 Å². The fourth-order valence-corrected chi connectivity index (χ4v) is 1.99. The summed E-state index contributed by atoms with van der Waals surface area (Å²) in [5.41, 5.74) is 9.14. The summed E-state index contributed by atoms with van der Waals surface area (Å²) < 4.78 is 0. The first-order valence-electron chi connectivity index (χ1n) is 8.54. The van der Waals surface area contributed by atoms with Gasteiger partial charge in [-0.05, 0) is 38.0 Å². The molecule has 0 fully saturated rings. The standard InChI is InChI=1S/C13H15NO.C9H16N2/c1-3-11(10-15)9-12(4-2)13-7-5-6-8-14-13;1-5-7-8(6-2)9(10)11(3)4/h3-5,7,9-10H,2,6,8H2,1H3;5-7H,2,10H2,1,3-4H3/b11-3+,12-9+;7-5-,9-8+. The average Bonchev–Trinajstić information content (AvgIpc) is 2.67. The van der Waals surface area contributed by atoms with E-state index in [-0.39, 0.29) is 0 Å². The van der Waals surface area contributed by atoms with Crippen molar-refractivity contribution in [1.29, 1.82) is 0 Å². The molecule has 1 aliphatic heterocycles. The van der Waals surface area contributed by atoms with Crippen LogP contribution in [-0.2, 0) is 4.79 Å². The lowest BCUT2D eigenvalue weighted by Gasteiger charge is -2.14. The molecule has 0 amide bonds. The van der Waals surface area contributed by atoms with Gasteiger partial charge in [-0.25, -0.2) is 0 Å². The summed E-state index contributed by atoms with van der Waals surface area (Å²) in [5.74, 6) is 0.734. The molecule has 0 aromatic heterocycles. The minimum Gasteiger partial charge on any atom is -0.385 e. The molecule has 0 bridgehead atoms. The van der Waals surface area contributed by atoms with Crippen LogP contribution in [0.4, 0.5) is 0 Å². The molecule has 140 valence electrons. The van der Waals surface area contributed by atoms with E-state index in [2.05, 4.69) is 24.2 Å². The van der Waals surface area contributed by atoms with Gasteiger partial charge in [-0.2, -0.15) is 0 Å². The molecule has 4 nitrogen and oxygen atoms in total. The number of aliphatic imine (C=N–C) groups is 1. The lowest BCUT2D eigenvalue weighted by molar-refractivity contribution is -0.104. The first kappa shape index (κ1) is 23.1. The molecule has 4 heteroatoms. The molecule has 0 aromatic carbocycles. The molecule has 1 rings (SSSR count). The number of allylic oxidation sites excluding steroid dienone is 10. The number of nitrogens with zero attached hydrogens (tertiary/aromatic N) is 2. The Labute approximate surface area is 158 Å². The van der Waals surface area contributed by atoms with Gasteiger partial charge >= 0.3 is 0 Å². The molecular weight excluding hydrogens is 322 g/mol. The number of nitrogens with two attached hydrogens (primary N) is 1. The van der Waals surface area contributed by atoms with Crippen molar-refractivity contribution < 1.29 is 4.79 Å². The van der Waals surface area contributed by atoms with Gasteiger partial charge in [0.1, 0.15) is 12.1 Å². The molecule has 0 saturated heterocycles. The van der Waals surface area contributed by atoms with Crippen LogP contribution in [0.25, 0.3) is 0 Å². The monoisotopic (exact) mass is 353 g/mol. The van der Waals surface area contributed by atoms with Gasteiger partial charge in [-0.1, -0.05) is 49.6 Å². The number of hydrogen-bond donors (Lipinski definition) is 1. The average molecular weight is 354 g/mol. The van der Waals surface area contributed by atoms with E-state index in [1.807, 2.05) is 51.1 Å². The molecule has 0 saturated carbocycles. The summed E-state index contributed by atoms with van der Waals surface area (Å²) in [6.07, 6.45) is 16.8. The zero-order valence-electron chi connectivity index (χ0n) is 16.4. The summed E-state index contributed by atoms with van der Waals surface area (Å²) >= 11 is 0. The summed E-state index contributed by atoms with van der Waals surface area (Å²) in [5, 5.41) is 0. The second-order valence-corrected chi connectivity index (χ2v) is 5.61. The van der Waals surface area contributed by atoms with Crippen LogP contribution in [0.15, 0.2) is 89.3 Å². The Morgan fingerprint density at radius 1 is 1.27 bits per heavy atom. The van der Waals surface area contributed by atoms with Gasteiger partial charge in [0, 0.05) is 31.8 Å². The van der Waals surface area contributed by atoms with Crippen LogP contribution in [0.1, 0.15) is 20.3 Å². The third-order valence-corrected chi connectivity index (χ3v) is 3.50. The van der Waals surface area contributed by atoms with Crippen molar-refractivity contribution in [2.45, 2.75) is 20.3 Å². The first-order chi connectivity index (χ1) is 12.4. The Kier molecular flexibility index (Phi) is 11.9. The first-order valence-corrected chi connectivity index (χ1v) is 8.54. The van der Waals surface area contributed by atoms with Gasteiger partial charge in [0.25, 0.3) is 0 Å². The molecule has 0 aliphatic carbocycles. The van der Waals surface area contributed by atoms with E-state index >= 15 is 0 Å². The number of aldehydes is 1. The van der Waals surface area contributed by atoms with Gasteiger partial charge in [0.2, 0.25) is 0 Å². The number of carbonyl (C=O) groups excluding carboxylic acids is 1. The van der Waals surface area contributed by atoms with Crippen LogP contribution in [0.3, 0.4) is 0 Å². The maximum atomic E-state index is 10.7. The van der Waals surface area contributed by atoms with Gasteiger partial charge in [0.15, 0.2) is 0 Å². The highest BCUT2D eigenvalue weighted by molar-refractivity contribution is 6.11. The summed E-state index contributed by atoms with van der Waals surface area (Å²) in [7, 11) is 3.81. The highest BCUT2D eigenvalue weighted by Crippen LogP contribution is 2.10. The Bertz CT molecular complexity index is 672. The van der Waals surface area contributed by atoms with E-state index in [4.69, 9.17) is 5.73 Å². The lowest BCUT2D eigenvalue weighted by Crippen LogP contribution is -2.19. The van der Waals surface area contributed by atoms with Crippen molar-refractivity contribution in [3.05, 3.63) is 84.3 Å². The van der Waals surface area contributed by atoms with E-state index in [1.54, 1.807) is 24.3 Å². The van der Waals surface area contributed by atoms with Crippen molar-refractivity contribution in [3.63, 3.8) is 0 Å². The zero-order chi connectivity index (χ0) is 19.9. The molecule has 1 heterocycles. The molecule has 0 radical (unpaired) electrons. The van der Waals surface area contributed by atoms with Crippen molar-refractivity contribution in [1.82, 2.24) is 4.90 Å². The quantitative estimate of drug-likeness (QED) is 0.425. The maximum absolute atomic E-state index is 10.7. The van der Waals surface area contributed by atoms with Crippen LogP contribution < -0.4 is 5.73 Å². The molecule has 0 atom stereocenters. The fraction of sp³-hybridized carbons (Fsp3) is 0.273. The van der Waals surface area contributed by atoms with Gasteiger partial charge in [-0.15, -0.1) is 0 Å². The number of hydrogen-bond acceptors (Lipinski definition) is 4.